The molecule has 2 aromatic carbocycles. The molecule has 0 bridgehead atoms. The van der Waals surface area contributed by atoms with E-state index in [-0.39, 0.29) is 0 Å². The van der Waals surface area contributed by atoms with Crippen LogP contribution in [0.3, 0.4) is 0 Å². The summed E-state index contributed by atoms with van der Waals surface area (Å²) in [6.45, 7) is 2.62. The molecular formula is C18H24N4O. The predicted molar refractivity (Wildman–Crippen MR) is 97.4 cm³/mol. The molecule has 0 saturated heterocycles. The molecule has 0 aliphatic heterocycles. The van der Waals surface area contributed by atoms with Gasteiger partial charge in [-0.05, 0) is 42.3 Å². The summed E-state index contributed by atoms with van der Waals surface area (Å²) < 4.78 is 5.29. The van der Waals surface area contributed by atoms with E-state index < -0.39 is 0 Å². The third kappa shape index (κ3) is 4.39. The zero-order chi connectivity index (χ0) is 16.8. The van der Waals surface area contributed by atoms with Crippen LogP contribution in [0, 0.1) is 6.92 Å². The van der Waals surface area contributed by atoms with Gasteiger partial charge in [0.1, 0.15) is 5.75 Å². The van der Waals surface area contributed by atoms with Crippen LogP contribution < -0.4 is 20.7 Å². The lowest BCUT2D eigenvalue weighted by atomic mass is 10.1. The molecule has 0 heterocycles. The summed E-state index contributed by atoms with van der Waals surface area (Å²) >= 11 is 0. The van der Waals surface area contributed by atoms with Gasteiger partial charge in [0, 0.05) is 19.8 Å². The maximum Gasteiger partial charge on any atom is 0.193 e. The highest BCUT2D eigenvalue weighted by molar-refractivity contribution is 5.93. The number of ether oxygens (including phenoxy) is 1. The third-order valence-electron chi connectivity index (χ3n) is 3.63. The first kappa shape index (κ1) is 16.7. The van der Waals surface area contributed by atoms with E-state index in [1.165, 1.54) is 11.3 Å². The van der Waals surface area contributed by atoms with Crippen molar-refractivity contribution < 1.29 is 4.74 Å². The number of aryl methyl sites for hydroxylation is 1. The number of hydrogen-bond donors (Lipinski definition) is 2. The van der Waals surface area contributed by atoms with Crippen LogP contribution in [0.1, 0.15) is 11.1 Å². The summed E-state index contributed by atoms with van der Waals surface area (Å²) in [5.41, 5.74) is 10.3. The number of methoxy groups -OCH3 is 1. The first-order valence-electron chi connectivity index (χ1n) is 7.48. The number of anilines is 2. The Hall–Kier alpha value is -2.69. The highest BCUT2D eigenvalue weighted by Crippen LogP contribution is 2.23. The summed E-state index contributed by atoms with van der Waals surface area (Å²) in [6, 6.07) is 13.9. The van der Waals surface area contributed by atoms with E-state index in [0.29, 0.717) is 12.5 Å². The minimum absolute atomic E-state index is 0.366. The molecule has 0 radical (unpaired) electrons. The zero-order valence-corrected chi connectivity index (χ0v) is 14.1. The van der Waals surface area contributed by atoms with Crippen LogP contribution in [0.25, 0.3) is 0 Å². The molecule has 0 atom stereocenters. The Morgan fingerprint density at radius 3 is 2.61 bits per heavy atom. The van der Waals surface area contributed by atoms with Crippen LogP contribution in [-0.4, -0.2) is 27.2 Å². The fourth-order valence-corrected chi connectivity index (χ4v) is 2.23. The second-order valence-corrected chi connectivity index (χ2v) is 5.53. The van der Waals surface area contributed by atoms with Crippen molar-refractivity contribution in [3.05, 3.63) is 53.6 Å². The number of benzene rings is 2. The van der Waals surface area contributed by atoms with Crippen molar-refractivity contribution in [2.45, 2.75) is 13.5 Å². The first-order valence-corrected chi connectivity index (χ1v) is 7.48. The molecule has 0 amide bonds. The molecule has 2 rings (SSSR count). The molecule has 2 aromatic rings. The summed E-state index contributed by atoms with van der Waals surface area (Å²) in [5.74, 6) is 1.10. The van der Waals surface area contributed by atoms with Gasteiger partial charge in [-0.25, -0.2) is 4.99 Å². The van der Waals surface area contributed by atoms with Crippen molar-refractivity contribution in [1.82, 2.24) is 0 Å². The fourth-order valence-electron chi connectivity index (χ4n) is 2.23. The van der Waals surface area contributed by atoms with Gasteiger partial charge in [-0.2, -0.15) is 0 Å². The lowest BCUT2D eigenvalue weighted by Gasteiger charge is -2.14. The van der Waals surface area contributed by atoms with Crippen LogP contribution in [-0.2, 0) is 6.54 Å². The van der Waals surface area contributed by atoms with E-state index in [9.17, 15) is 0 Å². The number of rotatable bonds is 5. The molecule has 3 N–H and O–H groups in total. The van der Waals surface area contributed by atoms with Crippen molar-refractivity contribution in [3.8, 4) is 5.75 Å². The highest BCUT2D eigenvalue weighted by atomic mass is 16.5. The Morgan fingerprint density at radius 2 is 1.96 bits per heavy atom. The van der Waals surface area contributed by atoms with Gasteiger partial charge in [-0.1, -0.05) is 18.2 Å². The Kier molecular flexibility index (Phi) is 5.46. The molecule has 0 fully saturated rings. The minimum atomic E-state index is 0.366. The van der Waals surface area contributed by atoms with E-state index in [1.54, 1.807) is 7.11 Å². The lowest BCUT2D eigenvalue weighted by Crippen LogP contribution is -2.23. The standard InChI is InChI=1S/C18H24N4O/c1-13-11-15(22(2)3)10-9-14(13)12-20-18(19)21-16-7-5-6-8-17(16)23-4/h5-11H,12H2,1-4H3,(H3,19,20,21). The molecule has 0 aromatic heterocycles. The summed E-state index contributed by atoms with van der Waals surface area (Å²) in [4.78, 5) is 6.50. The van der Waals surface area contributed by atoms with Gasteiger partial charge in [0.15, 0.2) is 5.96 Å². The maximum absolute atomic E-state index is 5.98. The SMILES string of the molecule is COc1ccccc1NC(N)=NCc1ccc(N(C)C)cc1C. The topological polar surface area (TPSA) is 62.9 Å². The lowest BCUT2D eigenvalue weighted by molar-refractivity contribution is 0.417. The van der Waals surface area contributed by atoms with E-state index in [2.05, 4.69) is 40.3 Å². The van der Waals surface area contributed by atoms with Gasteiger partial charge in [-0.3, -0.25) is 0 Å². The van der Waals surface area contributed by atoms with E-state index in [0.717, 1.165) is 17.0 Å². The van der Waals surface area contributed by atoms with Gasteiger partial charge in [0.25, 0.3) is 0 Å². The number of nitrogens with zero attached hydrogens (tertiary/aromatic N) is 2. The number of hydrogen-bond acceptors (Lipinski definition) is 3. The van der Waals surface area contributed by atoms with Crippen molar-refractivity contribution in [1.29, 1.82) is 0 Å². The van der Waals surface area contributed by atoms with Gasteiger partial charge < -0.3 is 20.7 Å². The largest absolute Gasteiger partial charge is 0.495 e. The van der Waals surface area contributed by atoms with Crippen LogP contribution in [0.5, 0.6) is 5.75 Å². The Morgan fingerprint density at radius 1 is 1.22 bits per heavy atom. The smallest absolute Gasteiger partial charge is 0.193 e. The minimum Gasteiger partial charge on any atom is -0.495 e. The highest BCUT2D eigenvalue weighted by Gasteiger charge is 2.04. The number of guanidine groups is 1. The van der Waals surface area contributed by atoms with Crippen molar-refractivity contribution >= 4 is 17.3 Å². The molecule has 23 heavy (non-hydrogen) atoms. The van der Waals surface area contributed by atoms with Gasteiger partial charge in [-0.15, -0.1) is 0 Å². The Labute approximate surface area is 137 Å². The second-order valence-electron chi connectivity index (χ2n) is 5.53. The summed E-state index contributed by atoms with van der Waals surface area (Å²) in [7, 11) is 5.69. The molecule has 0 saturated carbocycles. The molecule has 0 spiro atoms. The van der Waals surface area contributed by atoms with Crippen molar-refractivity contribution in [2.75, 3.05) is 31.4 Å². The van der Waals surface area contributed by atoms with Crippen LogP contribution >= 0.6 is 0 Å². The quantitative estimate of drug-likeness (QED) is 0.658. The number of nitrogens with one attached hydrogen (secondary N) is 1. The van der Waals surface area contributed by atoms with Crippen LogP contribution in [0.2, 0.25) is 0 Å². The zero-order valence-electron chi connectivity index (χ0n) is 14.1. The first-order chi connectivity index (χ1) is 11.0. The average molecular weight is 312 g/mol. The predicted octanol–water partition coefficient (Wildman–Crippen LogP) is 3.00. The fraction of sp³-hybridized carbons (Fsp3) is 0.278. The van der Waals surface area contributed by atoms with E-state index in [1.807, 2.05) is 38.4 Å². The van der Waals surface area contributed by atoms with Crippen LogP contribution in [0.4, 0.5) is 11.4 Å². The Bertz CT molecular complexity index is 695. The maximum atomic E-state index is 5.98. The number of nitrogens with two attached hydrogens (primary N) is 1. The molecule has 0 aliphatic rings. The monoisotopic (exact) mass is 312 g/mol. The molecular weight excluding hydrogens is 288 g/mol. The number of para-hydroxylation sites is 2. The molecule has 122 valence electrons. The average Bonchev–Trinajstić information content (AvgIpc) is 2.54. The molecule has 0 unspecified atom stereocenters. The third-order valence-corrected chi connectivity index (χ3v) is 3.63. The number of aliphatic imine (C=N–C) groups is 1. The Balaban J connectivity index is 2.08. The van der Waals surface area contributed by atoms with Gasteiger partial charge in [0.05, 0.1) is 19.3 Å². The summed E-state index contributed by atoms with van der Waals surface area (Å²) in [6.07, 6.45) is 0. The molecule has 0 aliphatic carbocycles. The van der Waals surface area contributed by atoms with Crippen LogP contribution in [0.15, 0.2) is 47.5 Å². The second kappa shape index (κ2) is 7.54. The van der Waals surface area contributed by atoms with E-state index in [4.69, 9.17) is 10.5 Å². The molecule has 5 heteroatoms. The van der Waals surface area contributed by atoms with E-state index >= 15 is 0 Å². The van der Waals surface area contributed by atoms with Gasteiger partial charge >= 0.3 is 0 Å². The van der Waals surface area contributed by atoms with Crippen molar-refractivity contribution in [2.24, 2.45) is 10.7 Å². The van der Waals surface area contributed by atoms with Gasteiger partial charge in [0.2, 0.25) is 0 Å². The van der Waals surface area contributed by atoms with Crippen molar-refractivity contribution in [3.63, 3.8) is 0 Å². The normalized spacial score (nSPS) is 11.2. The summed E-state index contributed by atoms with van der Waals surface area (Å²) in [5, 5.41) is 3.08. The molecule has 5 nitrogen and oxygen atoms in total.